The number of aromatic nitrogens is 3. The minimum Gasteiger partial charge on any atom is -0.347 e. The first-order chi connectivity index (χ1) is 18.7. The largest absolute Gasteiger partial charge is 0.441 e. The number of amides is 2. The lowest BCUT2D eigenvalue weighted by Crippen LogP contribution is -2.26. The molecule has 1 saturated carbocycles. The summed E-state index contributed by atoms with van der Waals surface area (Å²) in [6, 6.07) is 13.7. The van der Waals surface area contributed by atoms with Crippen molar-refractivity contribution < 1.29 is 14.1 Å². The number of carbonyl (C=O) groups is 2. The Morgan fingerprint density at radius 3 is 2.36 bits per heavy atom. The van der Waals surface area contributed by atoms with E-state index in [1.165, 1.54) is 16.6 Å². The third kappa shape index (κ3) is 4.89. The topological polar surface area (TPSA) is 93.6 Å². The van der Waals surface area contributed by atoms with E-state index in [0.29, 0.717) is 17.3 Å². The van der Waals surface area contributed by atoms with Crippen LogP contribution >= 0.6 is 0 Å². The molecule has 2 heterocycles. The fraction of sp³-hybridized carbons (Fsp3) is 0.400. The van der Waals surface area contributed by atoms with E-state index in [4.69, 9.17) is 4.52 Å². The molecular formula is C30H35N5O4. The van der Waals surface area contributed by atoms with Crippen LogP contribution in [0.5, 0.6) is 0 Å². The van der Waals surface area contributed by atoms with Crippen molar-refractivity contribution in [2.75, 3.05) is 28.2 Å². The molecule has 9 nitrogen and oxygen atoms in total. The molecule has 0 unspecified atom stereocenters. The zero-order valence-corrected chi connectivity index (χ0v) is 23.2. The van der Waals surface area contributed by atoms with Crippen LogP contribution in [0.3, 0.4) is 0 Å². The van der Waals surface area contributed by atoms with Gasteiger partial charge in [-0.1, -0.05) is 48.7 Å². The molecule has 0 bridgehead atoms. The molecule has 1 aliphatic carbocycles. The van der Waals surface area contributed by atoms with Crippen molar-refractivity contribution in [3.05, 3.63) is 64.1 Å². The third-order valence-corrected chi connectivity index (χ3v) is 7.76. The van der Waals surface area contributed by atoms with Crippen LogP contribution in [0, 0.1) is 0 Å². The summed E-state index contributed by atoms with van der Waals surface area (Å²) in [6.07, 6.45) is 5.69. The molecule has 0 N–H and O–H groups in total. The lowest BCUT2D eigenvalue weighted by atomic mass is 9.81. The molecular weight excluding hydrogens is 494 g/mol. The predicted octanol–water partition coefficient (Wildman–Crippen LogP) is 4.50. The van der Waals surface area contributed by atoms with Crippen LogP contribution in [0.1, 0.15) is 53.9 Å². The van der Waals surface area contributed by atoms with Gasteiger partial charge < -0.3 is 14.4 Å². The smallest absolute Gasteiger partial charge is 0.347 e. The van der Waals surface area contributed by atoms with E-state index < -0.39 is 5.76 Å². The summed E-state index contributed by atoms with van der Waals surface area (Å²) < 4.78 is 8.34. The summed E-state index contributed by atoms with van der Waals surface area (Å²) >= 11 is 0. The van der Waals surface area contributed by atoms with Gasteiger partial charge in [-0.2, -0.15) is 0 Å². The van der Waals surface area contributed by atoms with Gasteiger partial charge in [0.1, 0.15) is 6.54 Å². The zero-order chi connectivity index (χ0) is 27.8. The number of hydrogen-bond donors (Lipinski definition) is 0. The Balaban J connectivity index is 1.82. The number of benzene rings is 2. The second-order valence-electron chi connectivity index (χ2n) is 10.8. The molecule has 0 radical (unpaired) electrons. The zero-order valence-electron chi connectivity index (χ0n) is 23.2. The number of fused-ring (bicyclic) bond motifs is 1. The summed E-state index contributed by atoms with van der Waals surface area (Å²) in [7, 11) is 8.62. The Kier molecular flexibility index (Phi) is 7.16. The van der Waals surface area contributed by atoms with Crippen LogP contribution in [-0.4, -0.2) is 64.1 Å². The molecule has 0 spiro atoms. The standard InChI is InChI=1S/C30H35N5O4/c1-32(2)25(36)18-35-24-17-21(28-31-39-30(38)34(28)5)14-15-23(24)26(19-10-7-6-8-11-19)27(35)20-12-9-13-22(16-20)29(37)33(3)4/h9,12-17,19H,6-8,10-11,18H2,1-5H3. The summed E-state index contributed by atoms with van der Waals surface area (Å²) in [5, 5.41) is 5.06. The van der Waals surface area contributed by atoms with E-state index in [9.17, 15) is 14.4 Å². The van der Waals surface area contributed by atoms with Crippen molar-refractivity contribution in [3.63, 3.8) is 0 Å². The van der Waals surface area contributed by atoms with Gasteiger partial charge in [0.15, 0.2) is 5.82 Å². The summed E-state index contributed by atoms with van der Waals surface area (Å²) in [5.41, 5.74) is 5.30. The van der Waals surface area contributed by atoms with Gasteiger partial charge in [-0.25, -0.2) is 4.79 Å². The SMILES string of the molecule is CN(C)C(=O)Cn1c(-c2cccc(C(=O)N(C)C)c2)c(C2CCCCC2)c2ccc(-c3noc(=O)n3C)cc21. The fourth-order valence-electron chi connectivity index (χ4n) is 5.67. The molecule has 0 saturated heterocycles. The van der Waals surface area contributed by atoms with Gasteiger partial charge in [-0.05, 0) is 48.1 Å². The molecule has 2 amide bonds. The van der Waals surface area contributed by atoms with Gasteiger partial charge in [0.05, 0.1) is 11.2 Å². The quantitative estimate of drug-likeness (QED) is 0.367. The minimum absolute atomic E-state index is 0.0388. The lowest BCUT2D eigenvalue weighted by molar-refractivity contribution is -0.129. The van der Waals surface area contributed by atoms with Crippen LogP contribution in [0.4, 0.5) is 0 Å². The first-order valence-electron chi connectivity index (χ1n) is 13.4. The van der Waals surface area contributed by atoms with Crippen LogP contribution in [0.25, 0.3) is 33.5 Å². The summed E-state index contributed by atoms with van der Waals surface area (Å²) in [4.78, 5) is 41.2. The molecule has 2 aromatic heterocycles. The van der Waals surface area contributed by atoms with Gasteiger partial charge in [0, 0.05) is 51.8 Å². The third-order valence-electron chi connectivity index (χ3n) is 7.76. The Hall–Kier alpha value is -4.14. The summed E-state index contributed by atoms with van der Waals surface area (Å²) in [6.45, 7) is 0.138. The maximum Gasteiger partial charge on any atom is 0.441 e. The lowest BCUT2D eigenvalue weighted by Gasteiger charge is -2.24. The Bertz CT molecular complexity index is 1600. The van der Waals surface area contributed by atoms with Crippen molar-refractivity contribution >= 4 is 22.7 Å². The van der Waals surface area contributed by atoms with E-state index in [0.717, 1.165) is 53.4 Å². The van der Waals surface area contributed by atoms with Crippen molar-refractivity contribution in [3.8, 4) is 22.6 Å². The maximum atomic E-state index is 13.2. The van der Waals surface area contributed by atoms with E-state index in [-0.39, 0.29) is 18.4 Å². The van der Waals surface area contributed by atoms with E-state index in [1.54, 1.807) is 45.0 Å². The molecule has 0 aliphatic heterocycles. The molecule has 2 aromatic carbocycles. The van der Waals surface area contributed by atoms with Crippen molar-refractivity contribution in [2.24, 2.45) is 7.05 Å². The molecule has 9 heteroatoms. The van der Waals surface area contributed by atoms with E-state index >= 15 is 0 Å². The Morgan fingerprint density at radius 2 is 1.72 bits per heavy atom. The second-order valence-corrected chi connectivity index (χ2v) is 10.8. The van der Waals surface area contributed by atoms with Crippen molar-refractivity contribution in [2.45, 2.75) is 44.6 Å². The summed E-state index contributed by atoms with van der Waals surface area (Å²) in [5.74, 6) is 0.116. The van der Waals surface area contributed by atoms with E-state index in [1.807, 2.05) is 36.4 Å². The molecule has 5 rings (SSSR count). The molecule has 39 heavy (non-hydrogen) atoms. The van der Waals surface area contributed by atoms with Gasteiger partial charge in [0.25, 0.3) is 5.91 Å². The van der Waals surface area contributed by atoms with Crippen LogP contribution in [0.15, 0.2) is 51.8 Å². The first kappa shape index (κ1) is 26.5. The van der Waals surface area contributed by atoms with Crippen molar-refractivity contribution in [1.82, 2.24) is 24.1 Å². The number of hydrogen-bond acceptors (Lipinski definition) is 5. The number of likely N-dealkylation sites (N-methyl/N-ethyl adjacent to an activating group) is 1. The van der Waals surface area contributed by atoms with Crippen LogP contribution in [-0.2, 0) is 18.4 Å². The highest BCUT2D eigenvalue weighted by Crippen LogP contribution is 2.45. The van der Waals surface area contributed by atoms with Crippen LogP contribution < -0.4 is 5.76 Å². The Labute approximate surface area is 227 Å². The van der Waals surface area contributed by atoms with Gasteiger partial charge in [-0.15, -0.1) is 0 Å². The average Bonchev–Trinajstić information content (AvgIpc) is 3.44. The predicted molar refractivity (Wildman–Crippen MR) is 151 cm³/mol. The first-order valence-corrected chi connectivity index (χ1v) is 13.4. The normalized spacial score (nSPS) is 14.1. The van der Waals surface area contributed by atoms with Crippen molar-refractivity contribution in [1.29, 1.82) is 0 Å². The number of rotatable bonds is 6. The Morgan fingerprint density at radius 1 is 0.974 bits per heavy atom. The molecule has 4 aromatic rings. The van der Waals surface area contributed by atoms with Gasteiger partial charge in [-0.3, -0.25) is 18.7 Å². The molecule has 204 valence electrons. The highest BCUT2D eigenvalue weighted by atomic mass is 16.5. The van der Waals surface area contributed by atoms with Gasteiger partial charge >= 0.3 is 5.76 Å². The van der Waals surface area contributed by atoms with Crippen LogP contribution in [0.2, 0.25) is 0 Å². The molecule has 1 fully saturated rings. The highest BCUT2D eigenvalue weighted by molar-refractivity contribution is 5.98. The second kappa shape index (κ2) is 10.6. The highest BCUT2D eigenvalue weighted by Gasteiger charge is 2.28. The molecule has 1 aliphatic rings. The van der Waals surface area contributed by atoms with Gasteiger partial charge in [0.2, 0.25) is 5.91 Å². The fourth-order valence-corrected chi connectivity index (χ4v) is 5.67. The average molecular weight is 530 g/mol. The maximum absolute atomic E-state index is 13.2. The van der Waals surface area contributed by atoms with E-state index in [2.05, 4.69) is 15.8 Å². The molecule has 0 atom stereocenters. The monoisotopic (exact) mass is 529 g/mol. The number of carbonyl (C=O) groups excluding carboxylic acids is 2. The minimum atomic E-state index is -0.533. The number of nitrogens with zero attached hydrogens (tertiary/aromatic N) is 5.